The Morgan fingerprint density at radius 2 is 1.60 bits per heavy atom. The molecule has 1 fully saturated rings. The van der Waals surface area contributed by atoms with E-state index in [1.54, 1.807) is 18.2 Å². The lowest BCUT2D eigenvalue weighted by molar-refractivity contribution is 0.0887. The quantitative estimate of drug-likeness (QED) is 0.219. The third-order valence-electron chi connectivity index (χ3n) is 7.54. The molecule has 9 heteroatoms. The summed E-state index contributed by atoms with van der Waals surface area (Å²) in [6, 6.07) is 21.8. The number of carbonyl (C=O) groups is 2. The molecular weight excluding hydrogens is 547 g/mol. The van der Waals surface area contributed by atoms with Gasteiger partial charge in [0.2, 0.25) is 5.88 Å². The summed E-state index contributed by atoms with van der Waals surface area (Å²) in [5.41, 5.74) is 4.24. The van der Waals surface area contributed by atoms with Crippen molar-refractivity contribution in [2.45, 2.75) is 57.5 Å². The highest BCUT2D eigenvalue weighted by Crippen LogP contribution is 2.29. The summed E-state index contributed by atoms with van der Waals surface area (Å²) in [5.74, 6) is -0.823. The lowest BCUT2D eigenvalue weighted by Crippen LogP contribution is -2.44. The van der Waals surface area contributed by atoms with Gasteiger partial charge in [0.05, 0.1) is 6.20 Å². The summed E-state index contributed by atoms with van der Waals surface area (Å²) in [7, 11) is 0. The van der Waals surface area contributed by atoms with Crippen molar-refractivity contribution in [1.29, 1.82) is 0 Å². The van der Waals surface area contributed by atoms with Crippen LogP contribution in [0.4, 0.5) is 4.39 Å². The van der Waals surface area contributed by atoms with Crippen molar-refractivity contribution < 1.29 is 23.8 Å². The van der Waals surface area contributed by atoms with Crippen molar-refractivity contribution >= 4 is 11.8 Å². The van der Waals surface area contributed by atoms with Crippen molar-refractivity contribution in [2.24, 2.45) is 0 Å². The normalized spacial score (nSPS) is 16.3. The van der Waals surface area contributed by atoms with Crippen LogP contribution in [0, 0.1) is 12.7 Å². The van der Waals surface area contributed by atoms with Crippen LogP contribution in [0.2, 0.25) is 0 Å². The second-order valence-electron chi connectivity index (χ2n) is 10.8. The van der Waals surface area contributed by atoms with E-state index in [0.29, 0.717) is 37.1 Å². The van der Waals surface area contributed by atoms with Crippen LogP contribution in [0.3, 0.4) is 0 Å². The van der Waals surface area contributed by atoms with E-state index in [2.05, 4.69) is 20.6 Å². The molecule has 8 nitrogen and oxygen atoms in total. The minimum absolute atomic E-state index is 0.0123. The van der Waals surface area contributed by atoms with E-state index in [4.69, 9.17) is 9.84 Å². The van der Waals surface area contributed by atoms with E-state index in [-0.39, 0.29) is 36.0 Å². The van der Waals surface area contributed by atoms with Crippen LogP contribution < -0.4 is 15.4 Å². The molecule has 0 radical (unpaired) electrons. The molecule has 1 aliphatic carbocycles. The minimum atomic E-state index is -0.635. The van der Waals surface area contributed by atoms with Crippen LogP contribution in [0.15, 0.2) is 79.0 Å². The molecule has 0 spiro atoms. The highest BCUT2D eigenvalue weighted by Gasteiger charge is 2.26. The molecule has 1 aliphatic rings. The second-order valence-corrected chi connectivity index (χ2v) is 10.8. The van der Waals surface area contributed by atoms with Crippen LogP contribution in [-0.4, -0.2) is 45.6 Å². The van der Waals surface area contributed by atoms with Crippen molar-refractivity contribution in [3.63, 3.8) is 0 Å². The molecule has 2 aromatic heterocycles. The predicted molar refractivity (Wildman–Crippen MR) is 162 cm³/mol. The van der Waals surface area contributed by atoms with Gasteiger partial charge in [-0.05, 0) is 92.5 Å². The van der Waals surface area contributed by atoms with Gasteiger partial charge in [0.15, 0.2) is 0 Å². The molecule has 0 bridgehead atoms. The first-order valence-electron chi connectivity index (χ1n) is 14.6. The van der Waals surface area contributed by atoms with Gasteiger partial charge in [0.1, 0.15) is 22.8 Å². The number of aromatic nitrogens is 2. The molecule has 4 aromatic rings. The third-order valence-corrected chi connectivity index (χ3v) is 7.54. The van der Waals surface area contributed by atoms with Crippen LogP contribution in [-0.2, 0) is 6.42 Å². The molecule has 0 aliphatic heterocycles. The van der Waals surface area contributed by atoms with Gasteiger partial charge < -0.3 is 20.5 Å². The second kappa shape index (κ2) is 14.0. The van der Waals surface area contributed by atoms with E-state index in [9.17, 15) is 14.0 Å². The molecule has 1 saturated carbocycles. The van der Waals surface area contributed by atoms with Crippen LogP contribution >= 0.6 is 0 Å². The van der Waals surface area contributed by atoms with E-state index in [1.807, 2.05) is 55.5 Å². The molecule has 2 heterocycles. The van der Waals surface area contributed by atoms with Gasteiger partial charge in [-0.2, -0.15) is 0 Å². The first-order chi connectivity index (χ1) is 20.9. The molecule has 2 aromatic carbocycles. The number of aliphatic hydroxyl groups is 1. The zero-order chi connectivity index (χ0) is 30.2. The van der Waals surface area contributed by atoms with Gasteiger partial charge >= 0.3 is 0 Å². The van der Waals surface area contributed by atoms with Crippen molar-refractivity contribution in [2.75, 3.05) is 6.61 Å². The van der Waals surface area contributed by atoms with Gasteiger partial charge in [-0.15, -0.1) is 0 Å². The first-order valence-corrected chi connectivity index (χ1v) is 14.6. The summed E-state index contributed by atoms with van der Waals surface area (Å²) in [6.45, 7) is 2.00. The Kier molecular flexibility index (Phi) is 9.73. The van der Waals surface area contributed by atoms with E-state index < -0.39 is 11.7 Å². The van der Waals surface area contributed by atoms with E-state index in [1.165, 1.54) is 0 Å². The molecule has 0 saturated heterocycles. The van der Waals surface area contributed by atoms with Crippen LogP contribution in [0.5, 0.6) is 11.6 Å². The smallest absolute Gasteiger partial charge is 0.270 e. The zero-order valence-electron chi connectivity index (χ0n) is 24.1. The number of nitrogens with zero attached hydrogens (tertiary/aromatic N) is 2. The Morgan fingerprint density at radius 3 is 2.30 bits per heavy atom. The molecule has 5 rings (SSSR count). The number of pyridine rings is 2. The maximum atomic E-state index is 14.2. The lowest BCUT2D eigenvalue weighted by atomic mass is 9.91. The number of hydrogen-bond acceptors (Lipinski definition) is 6. The number of ether oxygens (including phenoxy) is 1. The molecule has 2 amide bonds. The fraction of sp³-hybridized carbons (Fsp3) is 0.294. The summed E-state index contributed by atoms with van der Waals surface area (Å²) < 4.78 is 20.2. The van der Waals surface area contributed by atoms with Crippen molar-refractivity contribution in [1.82, 2.24) is 20.6 Å². The Morgan fingerprint density at radius 1 is 0.907 bits per heavy atom. The molecule has 222 valence electrons. The Hall–Kier alpha value is -4.63. The highest BCUT2D eigenvalue weighted by molar-refractivity contribution is 5.96. The monoisotopic (exact) mass is 582 g/mol. The SMILES string of the molecule is Cc1cccc(C(=O)N[C@H]2CC[C@H](NC(=O)c3cc(F)cnc3Oc3cccc(-c4ccc(CCCO)cc4)c3)CC2)n1. The Labute approximate surface area is 250 Å². The molecule has 3 N–H and O–H groups in total. The maximum Gasteiger partial charge on any atom is 0.270 e. The topological polar surface area (TPSA) is 113 Å². The average molecular weight is 583 g/mol. The average Bonchev–Trinajstić information content (AvgIpc) is 3.02. The van der Waals surface area contributed by atoms with Gasteiger partial charge in [-0.25, -0.2) is 14.4 Å². The minimum Gasteiger partial charge on any atom is -0.438 e. The number of benzene rings is 2. The summed E-state index contributed by atoms with van der Waals surface area (Å²) in [6.07, 6.45) is 5.28. The molecular formula is C34H35FN4O4. The third kappa shape index (κ3) is 8.02. The molecule has 0 atom stereocenters. The molecule has 0 unspecified atom stereocenters. The summed E-state index contributed by atoms with van der Waals surface area (Å²) in [5, 5.41) is 15.1. The van der Waals surface area contributed by atoms with Crippen LogP contribution in [0.1, 0.15) is 64.2 Å². The Balaban J connectivity index is 1.20. The van der Waals surface area contributed by atoms with Gasteiger partial charge in [-0.1, -0.05) is 42.5 Å². The number of aryl methyl sites for hydroxylation is 2. The number of nitrogens with one attached hydrogen (secondary N) is 2. The number of carbonyl (C=O) groups excluding carboxylic acids is 2. The van der Waals surface area contributed by atoms with E-state index in [0.717, 1.165) is 47.5 Å². The first kappa shape index (κ1) is 29.8. The van der Waals surface area contributed by atoms with Crippen molar-refractivity contribution in [3.05, 3.63) is 107 Å². The lowest BCUT2D eigenvalue weighted by Gasteiger charge is -2.29. The summed E-state index contributed by atoms with van der Waals surface area (Å²) >= 11 is 0. The fourth-order valence-electron chi connectivity index (χ4n) is 5.24. The number of aliphatic hydroxyl groups excluding tert-OH is 1. The standard InChI is InChI=1S/C34H35FN4O4/c1-22-5-2-9-31(37-22)33(42)39-28-16-14-27(15-17-28)38-32(41)30-20-26(35)21-36-34(30)43-29-8-3-7-25(19-29)24-12-10-23(11-13-24)6-4-18-40/h2-3,5,7-13,19-21,27-28,40H,4,6,14-18H2,1H3,(H,38,41)(H,39,42)/t27-,28-. The number of amides is 2. The number of rotatable bonds is 10. The fourth-order valence-corrected chi connectivity index (χ4v) is 5.24. The molecule has 43 heavy (non-hydrogen) atoms. The van der Waals surface area contributed by atoms with Gasteiger partial charge in [0.25, 0.3) is 11.8 Å². The van der Waals surface area contributed by atoms with Gasteiger partial charge in [-0.3, -0.25) is 9.59 Å². The van der Waals surface area contributed by atoms with Crippen molar-refractivity contribution in [3.8, 4) is 22.8 Å². The highest BCUT2D eigenvalue weighted by atomic mass is 19.1. The number of halogens is 1. The largest absolute Gasteiger partial charge is 0.438 e. The van der Waals surface area contributed by atoms with Gasteiger partial charge in [0, 0.05) is 24.4 Å². The number of hydrogen-bond donors (Lipinski definition) is 3. The predicted octanol–water partition coefficient (Wildman–Crippen LogP) is 5.78. The Bertz CT molecular complexity index is 1570. The zero-order valence-corrected chi connectivity index (χ0v) is 24.1. The summed E-state index contributed by atoms with van der Waals surface area (Å²) in [4.78, 5) is 34.2. The van der Waals surface area contributed by atoms with Crippen LogP contribution in [0.25, 0.3) is 11.1 Å². The van der Waals surface area contributed by atoms with E-state index >= 15 is 0 Å². The maximum absolute atomic E-state index is 14.2.